The van der Waals surface area contributed by atoms with E-state index in [0.717, 1.165) is 33.0 Å². The van der Waals surface area contributed by atoms with Gasteiger partial charge in [-0.15, -0.1) is 16.3 Å². The van der Waals surface area contributed by atoms with Crippen molar-refractivity contribution in [2.24, 2.45) is 0 Å². The van der Waals surface area contributed by atoms with Crippen LogP contribution < -0.4 is 0 Å². The van der Waals surface area contributed by atoms with Crippen LogP contribution in [-0.2, 0) is 5.41 Å². The molecule has 0 N–H and O–H groups in total. The van der Waals surface area contributed by atoms with Crippen LogP contribution in [0.25, 0.3) is 27.8 Å². The predicted octanol–water partition coefficient (Wildman–Crippen LogP) is 8.42. The number of carbonyl (C=O) groups is 1. The van der Waals surface area contributed by atoms with E-state index in [1.165, 1.54) is 44.5 Å². The van der Waals surface area contributed by atoms with E-state index in [9.17, 15) is 4.79 Å². The number of carbonyl (C=O) groups excluding carboxylic acids is 1. The predicted molar refractivity (Wildman–Crippen MR) is 165 cm³/mol. The van der Waals surface area contributed by atoms with E-state index < -0.39 is 5.41 Å². The van der Waals surface area contributed by atoms with Gasteiger partial charge in [-0.05, 0) is 57.2 Å². The summed E-state index contributed by atoms with van der Waals surface area (Å²) in [6.07, 6.45) is 4.70. The monoisotopic (exact) mass is 540 g/mol. The van der Waals surface area contributed by atoms with E-state index in [0.29, 0.717) is 0 Å². The molecule has 2 heterocycles. The van der Waals surface area contributed by atoms with E-state index in [1.807, 2.05) is 30.0 Å². The fourth-order valence-corrected chi connectivity index (χ4v) is 9.35. The van der Waals surface area contributed by atoms with Gasteiger partial charge in [0, 0.05) is 5.56 Å². The Morgan fingerprint density at radius 3 is 1.85 bits per heavy atom. The van der Waals surface area contributed by atoms with Crippen LogP contribution in [0, 0.1) is 0 Å². The van der Waals surface area contributed by atoms with Gasteiger partial charge in [0.2, 0.25) is 11.4 Å². The van der Waals surface area contributed by atoms with Crippen molar-refractivity contribution in [3.8, 4) is 22.3 Å². The van der Waals surface area contributed by atoms with Crippen LogP contribution in [0.1, 0.15) is 32.6 Å². The standard InChI is InChI=1S/C38H22NOS/c40-37-26-13-2-1-10-22(26)25-15-9-19-32-35(25)39(37)36-33(41-32)21-20-31-34(36)27-14-5-8-18-30(27)38(31)28-16-6-3-11-23(28)24-12-4-7-17-29(24)38/h1-21,33H/q+1. The lowest BCUT2D eigenvalue weighted by Gasteiger charge is -2.33. The van der Waals surface area contributed by atoms with E-state index in [2.05, 4.69) is 114 Å². The molecule has 5 aromatic rings. The maximum Gasteiger partial charge on any atom is 0.426 e. The molecule has 3 aliphatic carbocycles. The second-order valence-electron chi connectivity index (χ2n) is 11.3. The van der Waals surface area contributed by atoms with Crippen molar-refractivity contribution in [1.29, 1.82) is 0 Å². The normalized spacial score (nSPS) is 19.3. The molecule has 2 nitrogen and oxygen atoms in total. The second-order valence-corrected chi connectivity index (χ2v) is 12.5. The van der Waals surface area contributed by atoms with E-state index in [1.54, 1.807) is 0 Å². The smallest absolute Gasteiger partial charge is 0.214 e. The molecular formula is C38H22NOS+. The fraction of sp³-hybridized carbons (Fsp3) is 0.0526. The zero-order valence-electron chi connectivity index (χ0n) is 22.0. The van der Waals surface area contributed by atoms with Gasteiger partial charge in [0.1, 0.15) is 5.25 Å². The number of amides is 1. The number of thioether (sulfide) groups is 1. The molecule has 1 spiro atoms. The zero-order valence-corrected chi connectivity index (χ0v) is 22.8. The van der Waals surface area contributed by atoms with Gasteiger partial charge >= 0.3 is 5.91 Å². The van der Waals surface area contributed by atoms with Crippen LogP contribution in [0.2, 0.25) is 0 Å². The van der Waals surface area contributed by atoms with Crippen molar-refractivity contribution >= 4 is 34.6 Å². The number of allylic oxidation sites excluding steroid dienone is 3. The topological polar surface area (TPSA) is 20.1 Å². The summed E-state index contributed by atoms with van der Waals surface area (Å²) >= 11 is 1.86. The van der Waals surface area contributed by atoms with Crippen LogP contribution in [0.15, 0.2) is 138 Å². The van der Waals surface area contributed by atoms with Crippen molar-refractivity contribution in [2.75, 3.05) is 0 Å². The summed E-state index contributed by atoms with van der Waals surface area (Å²) < 4.78 is 2.07. The first-order chi connectivity index (χ1) is 20.3. The average Bonchev–Trinajstić information content (AvgIpc) is 3.50. The molecule has 1 unspecified atom stereocenters. The number of benzene rings is 5. The minimum absolute atomic E-state index is 0.0424. The Labute approximate surface area is 242 Å². The Balaban J connectivity index is 1.38. The van der Waals surface area contributed by atoms with Gasteiger partial charge in [-0.3, -0.25) is 0 Å². The first-order valence-electron chi connectivity index (χ1n) is 14.1. The first kappa shape index (κ1) is 22.0. The number of nitrogens with zero attached hydrogens (tertiary/aromatic N) is 1. The third kappa shape index (κ3) is 2.45. The molecule has 0 fully saturated rings. The van der Waals surface area contributed by atoms with Crippen LogP contribution >= 0.6 is 11.8 Å². The van der Waals surface area contributed by atoms with Crippen LogP contribution in [-0.4, -0.2) is 21.4 Å². The van der Waals surface area contributed by atoms with Crippen LogP contribution in [0.4, 0.5) is 5.69 Å². The molecule has 0 radical (unpaired) electrons. The lowest BCUT2D eigenvalue weighted by atomic mass is 9.69. The van der Waals surface area contributed by atoms with Crippen LogP contribution in [0.5, 0.6) is 0 Å². The van der Waals surface area contributed by atoms with Crippen molar-refractivity contribution in [3.05, 3.63) is 161 Å². The summed E-state index contributed by atoms with van der Waals surface area (Å²) in [7, 11) is 0. The van der Waals surface area contributed by atoms with Gasteiger partial charge < -0.3 is 0 Å². The molecule has 0 saturated heterocycles. The Morgan fingerprint density at radius 1 is 0.585 bits per heavy atom. The van der Waals surface area contributed by atoms with Gasteiger partial charge in [0.05, 0.1) is 27.0 Å². The maximum atomic E-state index is 14.5. The highest BCUT2D eigenvalue weighted by Crippen LogP contribution is 2.64. The Kier molecular flexibility index (Phi) is 4.03. The lowest BCUT2D eigenvalue weighted by Crippen LogP contribution is -2.38. The average molecular weight is 541 g/mol. The Morgan fingerprint density at radius 2 is 1.15 bits per heavy atom. The Hall–Kier alpha value is -4.73. The van der Waals surface area contributed by atoms with Gasteiger partial charge in [-0.25, -0.2) is 4.79 Å². The number of fused-ring (bicyclic) bond motifs is 13. The number of hydrogen-bond donors (Lipinski definition) is 0. The summed E-state index contributed by atoms with van der Waals surface area (Å²) in [6, 6.07) is 41.2. The summed E-state index contributed by atoms with van der Waals surface area (Å²) in [6.45, 7) is 0. The van der Waals surface area contributed by atoms with Crippen molar-refractivity contribution < 1.29 is 9.37 Å². The van der Waals surface area contributed by atoms with Crippen LogP contribution in [0.3, 0.4) is 0 Å². The third-order valence-corrected chi connectivity index (χ3v) is 10.8. The fourth-order valence-electron chi connectivity index (χ4n) is 8.12. The molecule has 3 heteroatoms. The molecule has 0 saturated carbocycles. The van der Waals surface area contributed by atoms with Gasteiger partial charge in [-0.2, -0.15) is 0 Å². The van der Waals surface area contributed by atoms with Gasteiger partial charge in [0.25, 0.3) is 0 Å². The SMILES string of the molecule is O=C1c2ccccc2-c2cccc3c2[N+]1=C1C2=C(C=CC1S3)C1(c3ccccc32)c2ccccc2-c2ccccc21. The largest absolute Gasteiger partial charge is 0.426 e. The molecule has 5 aliphatic rings. The van der Waals surface area contributed by atoms with E-state index in [4.69, 9.17) is 0 Å². The molecule has 5 aromatic carbocycles. The number of hydrogen-bond acceptors (Lipinski definition) is 2. The molecule has 0 aromatic heterocycles. The maximum absolute atomic E-state index is 14.5. The summed E-state index contributed by atoms with van der Waals surface area (Å²) in [5.74, 6) is 0.0636. The minimum atomic E-state index is -0.422. The van der Waals surface area contributed by atoms with Gasteiger partial charge in [-0.1, -0.05) is 109 Å². The second kappa shape index (κ2) is 7.51. The van der Waals surface area contributed by atoms with Gasteiger partial charge in [0.15, 0.2) is 0 Å². The molecule has 2 aliphatic heterocycles. The minimum Gasteiger partial charge on any atom is -0.214 e. The first-order valence-corrected chi connectivity index (χ1v) is 15.0. The quantitative estimate of drug-likeness (QED) is 0.184. The highest BCUT2D eigenvalue weighted by Gasteiger charge is 2.57. The molecule has 41 heavy (non-hydrogen) atoms. The molecule has 1 amide bonds. The Bertz CT molecular complexity index is 2120. The molecule has 10 rings (SSSR count). The third-order valence-electron chi connectivity index (χ3n) is 9.56. The molecule has 190 valence electrons. The summed E-state index contributed by atoms with van der Waals surface area (Å²) in [5.41, 5.74) is 14.9. The summed E-state index contributed by atoms with van der Waals surface area (Å²) in [4.78, 5) is 15.7. The van der Waals surface area contributed by atoms with Crippen molar-refractivity contribution in [1.82, 2.24) is 0 Å². The van der Waals surface area contributed by atoms with Crippen molar-refractivity contribution in [2.45, 2.75) is 15.6 Å². The lowest BCUT2D eigenvalue weighted by molar-refractivity contribution is -0.338. The van der Waals surface area contributed by atoms with Crippen molar-refractivity contribution in [3.63, 3.8) is 0 Å². The molecule has 0 bridgehead atoms. The summed E-state index contributed by atoms with van der Waals surface area (Å²) in [5, 5.41) is 0.0424. The molecular weight excluding hydrogens is 518 g/mol. The number of rotatable bonds is 0. The highest BCUT2D eigenvalue weighted by molar-refractivity contribution is 8.01. The van der Waals surface area contributed by atoms with E-state index in [-0.39, 0.29) is 11.2 Å². The van der Waals surface area contributed by atoms with E-state index >= 15 is 0 Å². The zero-order chi connectivity index (χ0) is 26.9. The number of para-hydroxylation sites is 1. The molecule has 1 atom stereocenters. The highest BCUT2D eigenvalue weighted by atomic mass is 32.2.